The average molecular weight is 259 g/mol. The molecule has 1 rings (SSSR count). The van der Waals surface area contributed by atoms with E-state index >= 15 is 0 Å². The highest BCUT2D eigenvalue weighted by Gasteiger charge is 2.01. The lowest BCUT2D eigenvalue weighted by molar-refractivity contribution is 0.536. The van der Waals surface area contributed by atoms with Crippen LogP contribution in [0, 0.1) is 13.8 Å². The third-order valence-corrected chi connectivity index (χ3v) is 3.42. The minimum atomic E-state index is -2.85. The highest BCUT2D eigenvalue weighted by atomic mass is 32.2. The standard InChI is InChI=1S/C11H21N3O2S/c1-10-9-11(2)14(13-10)7-4-5-12-6-8-17(3,15)16/h9,12H,4-8H2,1-3H3. The summed E-state index contributed by atoms with van der Waals surface area (Å²) in [5.41, 5.74) is 2.20. The molecule has 6 heteroatoms. The zero-order valence-electron chi connectivity index (χ0n) is 10.7. The molecule has 0 saturated carbocycles. The van der Waals surface area contributed by atoms with Crippen LogP contribution in [0.25, 0.3) is 0 Å². The van der Waals surface area contributed by atoms with Gasteiger partial charge < -0.3 is 5.32 Å². The predicted molar refractivity (Wildman–Crippen MR) is 68.9 cm³/mol. The second-order valence-electron chi connectivity index (χ2n) is 4.38. The molecule has 0 aliphatic rings. The molecule has 0 aliphatic heterocycles. The van der Waals surface area contributed by atoms with E-state index < -0.39 is 9.84 Å². The first-order valence-corrected chi connectivity index (χ1v) is 7.84. The lowest BCUT2D eigenvalue weighted by Crippen LogP contribution is -2.24. The Balaban J connectivity index is 2.15. The molecule has 5 nitrogen and oxygen atoms in total. The van der Waals surface area contributed by atoms with Crippen LogP contribution in [0.2, 0.25) is 0 Å². The fourth-order valence-electron chi connectivity index (χ4n) is 1.64. The van der Waals surface area contributed by atoms with Gasteiger partial charge in [-0.1, -0.05) is 0 Å². The van der Waals surface area contributed by atoms with Crippen LogP contribution < -0.4 is 5.32 Å². The molecule has 0 saturated heterocycles. The number of hydrogen-bond donors (Lipinski definition) is 1. The van der Waals surface area contributed by atoms with E-state index in [0.717, 1.165) is 25.2 Å². The lowest BCUT2D eigenvalue weighted by Gasteiger charge is -2.05. The quantitative estimate of drug-likeness (QED) is 0.725. The molecule has 17 heavy (non-hydrogen) atoms. The minimum Gasteiger partial charge on any atom is -0.316 e. The zero-order chi connectivity index (χ0) is 12.9. The molecule has 98 valence electrons. The van der Waals surface area contributed by atoms with Crippen LogP contribution in [0.15, 0.2) is 6.07 Å². The molecule has 0 bridgehead atoms. The van der Waals surface area contributed by atoms with Crippen molar-refractivity contribution in [3.8, 4) is 0 Å². The van der Waals surface area contributed by atoms with E-state index in [9.17, 15) is 8.42 Å². The van der Waals surface area contributed by atoms with E-state index in [-0.39, 0.29) is 5.75 Å². The van der Waals surface area contributed by atoms with Gasteiger partial charge in [-0.2, -0.15) is 5.10 Å². The number of nitrogens with one attached hydrogen (secondary N) is 1. The summed E-state index contributed by atoms with van der Waals surface area (Å²) in [7, 11) is -2.85. The molecule has 1 heterocycles. The number of hydrogen-bond acceptors (Lipinski definition) is 4. The largest absolute Gasteiger partial charge is 0.316 e. The SMILES string of the molecule is Cc1cc(C)n(CCCNCCS(C)(=O)=O)n1. The highest BCUT2D eigenvalue weighted by molar-refractivity contribution is 7.90. The van der Waals surface area contributed by atoms with Crippen molar-refractivity contribution in [2.75, 3.05) is 25.1 Å². The maximum absolute atomic E-state index is 10.9. The third kappa shape index (κ3) is 5.83. The molecule has 1 N–H and O–H groups in total. The molecule has 1 aromatic heterocycles. The average Bonchev–Trinajstić information content (AvgIpc) is 2.49. The Morgan fingerprint density at radius 2 is 2.06 bits per heavy atom. The van der Waals surface area contributed by atoms with Crippen molar-refractivity contribution in [3.63, 3.8) is 0 Å². The predicted octanol–water partition coefficient (Wildman–Crippen LogP) is 0.524. The van der Waals surface area contributed by atoms with Gasteiger partial charge in [-0.05, 0) is 32.9 Å². The Bertz CT molecular complexity index is 451. The van der Waals surface area contributed by atoms with Crippen molar-refractivity contribution >= 4 is 9.84 Å². The van der Waals surface area contributed by atoms with Gasteiger partial charge in [-0.15, -0.1) is 0 Å². The molecule has 0 atom stereocenters. The topological polar surface area (TPSA) is 64.0 Å². The van der Waals surface area contributed by atoms with Gasteiger partial charge >= 0.3 is 0 Å². The highest BCUT2D eigenvalue weighted by Crippen LogP contribution is 2.01. The number of rotatable bonds is 7. The first-order valence-electron chi connectivity index (χ1n) is 5.78. The van der Waals surface area contributed by atoms with E-state index in [4.69, 9.17) is 0 Å². The minimum absolute atomic E-state index is 0.201. The molecule has 0 spiro atoms. The summed E-state index contributed by atoms with van der Waals surface area (Å²) in [5, 5.41) is 7.48. The fraction of sp³-hybridized carbons (Fsp3) is 0.727. The van der Waals surface area contributed by atoms with Crippen LogP contribution in [-0.2, 0) is 16.4 Å². The smallest absolute Gasteiger partial charge is 0.148 e. The van der Waals surface area contributed by atoms with Crippen molar-refractivity contribution < 1.29 is 8.42 Å². The number of nitrogens with zero attached hydrogens (tertiary/aromatic N) is 2. The van der Waals surface area contributed by atoms with Crippen molar-refractivity contribution in [3.05, 3.63) is 17.5 Å². The molecule has 0 aromatic carbocycles. The normalized spacial score (nSPS) is 11.9. The summed E-state index contributed by atoms with van der Waals surface area (Å²) in [4.78, 5) is 0. The van der Waals surface area contributed by atoms with Gasteiger partial charge in [0.1, 0.15) is 9.84 Å². The Labute approximate surface area is 103 Å². The van der Waals surface area contributed by atoms with Crippen LogP contribution in [0.1, 0.15) is 17.8 Å². The lowest BCUT2D eigenvalue weighted by atomic mass is 10.4. The molecule has 0 unspecified atom stereocenters. The van der Waals surface area contributed by atoms with Gasteiger partial charge in [0, 0.05) is 25.0 Å². The van der Waals surface area contributed by atoms with E-state index in [1.54, 1.807) is 0 Å². The third-order valence-electron chi connectivity index (χ3n) is 2.48. The van der Waals surface area contributed by atoms with Crippen molar-refractivity contribution in [1.82, 2.24) is 15.1 Å². The van der Waals surface area contributed by atoms with Gasteiger partial charge in [0.05, 0.1) is 11.4 Å². The van der Waals surface area contributed by atoms with Crippen LogP contribution in [0.3, 0.4) is 0 Å². The van der Waals surface area contributed by atoms with Gasteiger partial charge in [0.25, 0.3) is 0 Å². The molecule has 1 aromatic rings. The van der Waals surface area contributed by atoms with Gasteiger partial charge in [0.2, 0.25) is 0 Å². The second-order valence-corrected chi connectivity index (χ2v) is 6.64. The van der Waals surface area contributed by atoms with Gasteiger partial charge in [-0.3, -0.25) is 4.68 Å². The Kier molecular flexibility index (Phi) is 5.14. The van der Waals surface area contributed by atoms with E-state index in [2.05, 4.69) is 16.5 Å². The summed E-state index contributed by atoms with van der Waals surface area (Å²) in [6, 6.07) is 2.05. The first kappa shape index (κ1) is 14.2. The molecule has 0 aliphatic carbocycles. The molecule has 0 fully saturated rings. The van der Waals surface area contributed by atoms with Crippen LogP contribution in [-0.4, -0.2) is 43.3 Å². The van der Waals surface area contributed by atoms with E-state index in [0.29, 0.717) is 6.54 Å². The summed E-state index contributed by atoms with van der Waals surface area (Å²) in [6.45, 7) is 6.22. The Morgan fingerprint density at radius 1 is 1.35 bits per heavy atom. The van der Waals surface area contributed by atoms with E-state index in [1.165, 1.54) is 11.9 Å². The monoisotopic (exact) mass is 259 g/mol. The zero-order valence-corrected chi connectivity index (χ0v) is 11.5. The molecular weight excluding hydrogens is 238 g/mol. The summed E-state index contributed by atoms with van der Waals surface area (Å²) >= 11 is 0. The van der Waals surface area contributed by atoms with Crippen LogP contribution in [0.4, 0.5) is 0 Å². The Hall–Kier alpha value is -0.880. The van der Waals surface area contributed by atoms with Crippen molar-refractivity contribution in [1.29, 1.82) is 0 Å². The molecular formula is C11H21N3O2S. The molecule has 0 amide bonds. The second kappa shape index (κ2) is 6.16. The van der Waals surface area contributed by atoms with Gasteiger partial charge in [0.15, 0.2) is 0 Å². The Morgan fingerprint density at radius 3 is 2.59 bits per heavy atom. The summed E-state index contributed by atoms with van der Waals surface area (Å²) < 4.78 is 23.7. The van der Waals surface area contributed by atoms with Crippen molar-refractivity contribution in [2.24, 2.45) is 0 Å². The maximum Gasteiger partial charge on any atom is 0.148 e. The van der Waals surface area contributed by atoms with Gasteiger partial charge in [-0.25, -0.2) is 8.42 Å². The molecule has 0 radical (unpaired) electrons. The fourth-order valence-corrected chi connectivity index (χ4v) is 2.15. The number of aromatic nitrogens is 2. The van der Waals surface area contributed by atoms with Crippen molar-refractivity contribution in [2.45, 2.75) is 26.8 Å². The summed E-state index contributed by atoms with van der Waals surface area (Å²) in [5.74, 6) is 0.201. The maximum atomic E-state index is 10.9. The van der Waals surface area contributed by atoms with E-state index in [1.807, 2.05) is 18.5 Å². The number of sulfone groups is 1. The van der Waals surface area contributed by atoms with Crippen LogP contribution >= 0.6 is 0 Å². The summed E-state index contributed by atoms with van der Waals surface area (Å²) in [6.07, 6.45) is 2.20. The first-order chi connectivity index (χ1) is 7.88. The van der Waals surface area contributed by atoms with Crippen LogP contribution in [0.5, 0.6) is 0 Å². The number of aryl methyl sites for hydroxylation is 3.